The van der Waals surface area contributed by atoms with Gasteiger partial charge in [-0.05, 0) is 44.5 Å². The van der Waals surface area contributed by atoms with E-state index in [2.05, 4.69) is 0 Å². The second kappa shape index (κ2) is 5.11. The number of benzene rings is 1. The van der Waals surface area contributed by atoms with Crippen molar-refractivity contribution in [3.63, 3.8) is 0 Å². The number of oxazole rings is 1. The van der Waals surface area contributed by atoms with E-state index in [0.29, 0.717) is 12.1 Å². The minimum Gasteiger partial charge on any atom is -0.466 e. The summed E-state index contributed by atoms with van der Waals surface area (Å²) >= 11 is 6.54. The molecule has 0 aliphatic heterocycles. The quantitative estimate of drug-likeness (QED) is 0.683. The summed E-state index contributed by atoms with van der Waals surface area (Å²) in [6, 6.07) is 7.55. The molecule has 3 rings (SSSR count). The number of nitrogens with zero attached hydrogens (tertiary/aromatic N) is 1. The molecule has 0 amide bonds. The van der Waals surface area contributed by atoms with Crippen LogP contribution in [-0.2, 0) is 6.54 Å². The molecule has 0 radical (unpaired) electrons. The van der Waals surface area contributed by atoms with Crippen molar-refractivity contribution in [3.05, 3.63) is 57.5 Å². The third kappa shape index (κ3) is 2.29. The maximum atomic E-state index is 11.7. The lowest BCUT2D eigenvalue weighted by atomic mass is 10.0. The van der Waals surface area contributed by atoms with E-state index in [-0.39, 0.29) is 11.1 Å². The zero-order chi connectivity index (χ0) is 15.1. The van der Waals surface area contributed by atoms with Crippen molar-refractivity contribution >= 4 is 22.7 Å². The van der Waals surface area contributed by atoms with Gasteiger partial charge in [-0.2, -0.15) is 0 Å². The molecule has 0 fully saturated rings. The van der Waals surface area contributed by atoms with E-state index in [1.807, 2.05) is 45.0 Å². The summed E-state index contributed by atoms with van der Waals surface area (Å²) < 4.78 is 12.4. The van der Waals surface area contributed by atoms with Crippen molar-refractivity contribution in [2.75, 3.05) is 0 Å². The summed E-state index contributed by atoms with van der Waals surface area (Å²) in [5, 5.41) is -0.331. The van der Waals surface area contributed by atoms with Crippen LogP contribution in [0.4, 0.5) is 0 Å². The van der Waals surface area contributed by atoms with Crippen LogP contribution in [0.1, 0.15) is 34.9 Å². The van der Waals surface area contributed by atoms with Crippen LogP contribution in [0.5, 0.6) is 0 Å². The SMILES string of the molecule is CCn1c(=O)oc2cc(C(Cl)c3cc(C)oc3C)ccc21. The largest absolute Gasteiger partial charge is 0.466 e. The monoisotopic (exact) mass is 305 g/mol. The van der Waals surface area contributed by atoms with Crippen molar-refractivity contribution in [1.29, 1.82) is 0 Å². The van der Waals surface area contributed by atoms with E-state index in [1.165, 1.54) is 0 Å². The van der Waals surface area contributed by atoms with Crippen LogP contribution >= 0.6 is 11.6 Å². The first-order chi connectivity index (χ1) is 10.0. The highest BCUT2D eigenvalue weighted by molar-refractivity contribution is 6.22. The van der Waals surface area contributed by atoms with Gasteiger partial charge in [-0.1, -0.05) is 6.07 Å². The molecule has 0 aliphatic carbocycles. The number of aromatic nitrogens is 1. The molecule has 0 bridgehead atoms. The van der Waals surface area contributed by atoms with Gasteiger partial charge in [0.15, 0.2) is 5.58 Å². The lowest BCUT2D eigenvalue weighted by Crippen LogP contribution is -2.11. The fraction of sp³-hybridized carbons (Fsp3) is 0.312. The third-order valence-corrected chi connectivity index (χ3v) is 4.14. The minimum atomic E-state index is -0.342. The lowest BCUT2D eigenvalue weighted by molar-refractivity contribution is 0.501. The van der Waals surface area contributed by atoms with Gasteiger partial charge in [0, 0.05) is 12.1 Å². The predicted molar refractivity (Wildman–Crippen MR) is 82.0 cm³/mol. The Morgan fingerprint density at radius 2 is 2.00 bits per heavy atom. The predicted octanol–water partition coefficient (Wildman–Crippen LogP) is 4.15. The Morgan fingerprint density at radius 3 is 2.62 bits per heavy atom. The van der Waals surface area contributed by atoms with Crippen LogP contribution in [0.15, 0.2) is 37.9 Å². The number of rotatable bonds is 3. The lowest BCUT2D eigenvalue weighted by Gasteiger charge is -2.08. The molecule has 2 heterocycles. The van der Waals surface area contributed by atoms with Crippen molar-refractivity contribution in [2.45, 2.75) is 32.7 Å². The van der Waals surface area contributed by atoms with Crippen LogP contribution in [0.25, 0.3) is 11.1 Å². The maximum absolute atomic E-state index is 11.7. The molecule has 0 saturated carbocycles. The maximum Gasteiger partial charge on any atom is 0.419 e. The Kier molecular flexibility index (Phi) is 3.41. The molecule has 1 unspecified atom stereocenters. The average Bonchev–Trinajstić information content (AvgIpc) is 2.95. The molecule has 21 heavy (non-hydrogen) atoms. The summed E-state index contributed by atoms with van der Waals surface area (Å²) in [6.07, 6.45) is 0. The van der Waals surface area contributed by atoms with Crippen LogP contribution in [0.3, 0.4) is 0 Å². The van der Waals surface area contributed by atoms with Gasteiger partial charge in [-0.3, -0.25) is 4.57 Å². The summed E-state index contributed by atoms with van der Waals surface area (Å²) in [5.41, 5.74) is 3.16. The van der Waals surface area contributed by atoms with Gasteiger partial charge in [0.1, 0.15) is 11.5 Å². The van der Waals surface area contributed by atoms with E-state index in [1.54, 1.807) is 4.57 Å². The molecule has 0 aliphatic rings. The van der Waals surface area contributed by atoms with Gasteiger partial charge in [-0.25, -0.2) is 4.79 Å². The first-order valence-electron chi connectivity index (χ1n) is 6.85. The van der Waals surface area contributed by atoms with E-state index in [9.17, 15) is 4.79 Å². The number of halogens is 1. The summed E-state index contributed by atoms with van der Waals surface area (Å²) in [4.78, 5) is 11.7. The Labute approximate surface area is 126 Å². The molecule has 0 N–H and O–H groups in total. The van der Waals surface area contributed by atoms with Crippen LogP contribution in [-0.4, -0.2) is 4.57 Å². The first-order valence-corrected chi connectivity index (χ1v) is 7.29. The van der Waals surface area contributed by atoms with Gasteiger partial charge in [-0.15, -0.1) is 11.6 Å². The molecule has 2 aromatic heterocycles. The molecule has 0 spiro atoms. The molecule has 5 heteroatoms. The molecular weight excluding hydrogens is 290 g/mol. The fourth-order valence-electron chi connectivity index (χ4n) is 2.62. The second-order valence-corrected chi connectivity index (χ2v) is 5.51. The highest BCUT2D eigenvalue weighted by atomic mass is 35.5. The average molecular weight is 306 g/mol. The highest BCUT2D eigenvalue weighted by Crippen LogP contribution is 2.34. The third-order valence-electron chi connectivity index (χ3n) is 3.65. The number of hydrogen-bond donors (Lipinski definition) is 0. The van der Waals surface area contributed by atoms with Gasteiger partial charge < -0.3 is 8.83 Å². The number of furan rings is 1. The first kappa shape index (κ1) is 14.0. The number of hydrogen-bond acceptors (Lipinski definition) is 3. The van der Waals surface area contributed by atoms with Gasteiger partial charge in [0.2, 0.25) is 0 Å². The van der Waals surface area contributed by atoms with Crippen molar-refractivity contribution < 1.29 is 8.83 Å². The number of alkyl halides is 1. The Morgan fingerprint density at radius 1 is 1.24 bits per heavy atom. The topological polar surface area (TPSA) is 48.3 Å². The van der Waals surface area contributed by atoms with Crippen molar-refractivity contribution in [1.82, 2.24) is 4.57 Å². The van der Waals surface area contributed by atoms with Gasteiger partial charge in [0.05, 0.1) is 10.9 Å². The van der Waals surface area contributed by atoms with Gasteiger partial charge in [0.25, 0.3) is 0 Å². The van der Waals surface area contributed by atoms with E-state index in [0.717, 1.165) is 28.2 Å². The van der Waals surface area contributed by atoms with Crippen LogP contribution in [0, 0.1) is 13.8 Å². The number of fused-ring (bicyclic) bond motifs is 1. The van der Waals surface area contributed by atoms with Gasteiger partial charge >= 0.3 is 5.76 Å². The Bertz CT molecular complexity index is 856. The minimum absolute atomic E-state index is 0.331. The molecule has 3 aromatic rings. The molecular formula is C16H16ClNO3. The van der Waals surface area contributed by atoms with E-state index in [4.69, 9.17) is 20.4 Å². The zero-order valence-corrected chi connectivity index (χ0v) is 12.9. The molecule has 110 valence electrons. The van der Waals surface area contributed by atoms with E-state index >= 15 is 0 Å². The van der Waals surface area contributed by atoms with Crippen LogP contribution < -0.4 is 5.76 Å². The summed E-state index contributed by atoms with van der Waals surface area (Å²) in [7, 11) is 0. The van der Waals surface area contributed by atoms with Crippen molar-refractivity contribution in [2.24, 2.45) is 0 Å². The molecule has 1 atom stereocenters. The second-order valence-electron chi connectivity index (χ2n) is 5.07. The standard InChI is InChI=1S/C16H16ClNO3/c1-4-18-13-6-5-11(8-14(13)21-16(18)19)15(17)12-7-9(2)20-10(12)3/h5-8,15H,4H2,1-3H3. The Balaban J connectivity index is 2.09. The van der Waals surface area contributed by atoms with Crippen molar-refractivity contribution in [3.8, 4) is 0 Å². The van der Waals surface area contributed by atoms with Crippen LogP contribution in [0.2, 0.25) is 0 Å². The Hall–Kier alpha value is -1.94. The smallest absolute Gasteiger partial charge is 0.419 e. The number of aryl methyl sites for hydroxylation is 3. The normalized spacial score (nSPS) is 13.0. The zero-order valence-electron chi connectivity index (χ0n) is 12.1. The summed E-state index contributed by atoms with van der Waals surface area (Å²) in [6.45, 7) is 6.27. The highest BCUT2D eigenvalue weighted by Gasteiger charge is 2.18. The van der Waals surface area contributed by atoms with E-state index < -0.39 is 0 Å². The molecule has 0 saturated heterocycles. The molecule has 1 aromatic carbocycles. The molecule has 4 nitrogen and oxygen atoms in total. The fourth-order valence-corrected chi connectivity index (χ4v) is 2.97. The summed E-state index contributed by atoms with van der Waals surface area (Å²) in [5.74, 6) is 1.30.